The first-order chi connectivity index (χ1) is 9.76. The van der Waals surface area contributed by atoms with E-state index in [1.54, 1.807) is 0 Å². The van der Waals surface area contributed by atoms with Gasteiger partial charge < -0.3 is 19.1 Å². The van der Waals surface area contributed by atoms with Gasteiger partial charge in [0.1, 0.15) is 11.4 Å². The fourth-order valence-corrected chi connectivity index (χ4v) is 3.23. The van der Waals surface area contributed by atoms with Gasteiger partial charge in [0.2, 0.25) is 0 Å². The first-order valence-corrected chi connectivity index (χ1v) is 6.83. The van der Waals surface area contributed by atoms with Crippen LogP contribution in [0.2, 0.25) is 0 Å². The minimum Gasteiger partial charge on any atom is -0.465 e. The molecule has 0 spiro atoms. The zero-order valence-electron chi connectivity index (χ0n) is 11.3. The Morgan fingerprint density at radius 3 is 3.10 bits per heavy atom. The lowest BCUT2D eigenvalue weighted by molar-refractivity contribution is 0.0599. The molecular formula is C14H16N2O4. The second-order valence-corrected chi connectivity index (χ2v) is 5.45. The van der Waals surface area contributed by atoms with Crippen LogP contribution in [0.25, 0.3) is 0 Å². The number of ether oxygens (including phenoxy) is 3. The van der Waals surface area contributed by atoms with E-state index < -0.39 is 0 Å². The molecule has 4 rings (SSSR count). The smallest absolute Gasteiger partial charge is 0.341 e. The highest BCUT2D eigenvalue weighted by Crippen LogP contribution is 2.35. The highest BCUT2D eigenvalue weighted by molar-refractivity contribution is 5.95. The molecule has 106 valence electrons. The van der Waals surface area contributed by atoms with Crippen LogP contribution in [-0.2, 0) is 27.4 Å². The molecule has 1 aromatic heterocycles. The summed E-state index contributed by atoms with van der Waals surface area (Å²) in [6.45, 7) is 2.53. The Morgan fingerprint density at radius 2 is 2.40 bits per heavy atom. The summed E-state index contributed by atoms with van der Waals surface area (Å²) in [5.74, 6) is 0.378. The molecule has 3 aliphatic heterocycles. The average Bonchev–Trinajstić information content (AvgIpc) is 3.19. The molecule has 0 radical (unpaired) electrons. The van der Waals surface area contributed by atoms with Gasteiger partial charge in [0.15, 0.2) is 0 Å². The highest BCUT2D eigenvalue weighted by atomic mass is 16.5. The molecule has 6 heteroatoms. The molecule has 3 aliphatic rings. The molecule has 2 fully saturated rings. The molecule has 0 unspecified atom stereocenters. The van der Waals surface area contributed by atoms with Gasteiger partial charge in [-0.25, -0.2) is 9.78 Å². The second kappa shape index (κ2) is 4.43. The number of rotatable bonds is 2. The van der Waals surface area contributed by atoms with Crippen molar-refractivity contribution in [3.63, 3.8) is 0 Å². The number of carbonyl (C=O) groups excluding carboxylic acids is 1. The number of nitrogens with zero attached hydrogens (tertiary/aromatic N) is 2. The number of carbonyl (C=O) groups is 1. The summed E-state index contributed by atoms with van der Waals surface area (Å²) in [7, 11) is 1.40. The minimum atomic E-state index is -0.342. The van der Waals surface area contributed by atoms with Gasteiger partial charge in [-0.05, 0) is 12.5 Å². The number of hydrogen-bond acceptors (Lipinski definition) is 6. The maximum atomic E-state index is 12.0. The normalized spacial score (nSPS) is 26.9. The fraction of sp³-hybridized carbons (Fsp3) is 0.571. The van der Waals surface area contributed by atoms with Crippen LogP contribution in [0.5, 0.6) is 0 Å². The Kier molecular flexibility index (Phi) is 2.68. The summed E-state index contributed by atoms with van der Waals surface area (Å²) >= 11 is 0. The Hall–Kier alpha value is -1.66. The van der Waals surface area contributed by atoms with E-state index in [0.29, 0.717) is 31.4 Å². The maximum absolute atomic E-state index is 12.0. The van der Waals surface area contributed by atoms with Gasteiger partial charge in [-0.1, -0.05) is 0 Å². The Balaban J connectivity index is 1.78. The molecule has 0 N–H and O–H groups in total. The topological polar surface area (TPSA) is 60.9 Å². The highest BCUT2D eigenvalue weighted by Gasteiger charge is 2.41. The van der Waals surface area contributed by atoms with Crippen LogP contribution in [0.4, 0.5) is 5.82 Å². The van der Waals surface area contributed by atoms with E-state index in [-0.39, 0.29) is 12.1 Å². The average molecular weight is 276 g/mol. The summed E-state index contributed by atoms with van der Waals surface area (Å²) in [5.41, 5.74) is 2.44. The van der Waals surface area contributed by atoms with E-state index >= 15 is 0 Å². The third kappa shape index (κ3) is 1.72. The molecule has 20 heavy (non-hydrogen) atoms. The predicted octanol–water partition coefficient (Wildman–Crippen LogP) is 0.876. The number of methoxy groups -OCH3 is 1. The van der Waals surface area contributed by atoms with Crippen molar-refractivity contribution in [2.75, 3.05) is 25.2 Å². The van der Waals surface area contributed by atoms with Crippen molar-refractivity contribution in [2.45, 2.75) is 31.8 Å². The number of esters is 1. The standard InChI is InChI=1S/C14H16N2O4/c1-18-14(17)11-2-8-5-19-7-12(8)15-13(11)16-4-10-3-9(16)6-20-10/h2,9-10H,3-7H2,1H3/t9-,10-/m0/s1. The second-order valence-electron chi connectivity index (χ2n) is 5.45. The minimum absolute atomic E-state index is 0.261. The van der Waals surface area contributed by atoms with Gasteiger partial charge in [0, 0.05) is 12.1 Å². The van der Waals surface area contributed by atoms with Gasteiger partial charge in [-0.15, -0.1) is 0 Å². The van der Waals surface area contributed by atoms with Crippen molar-refractivity contribution in [2.24, 2.45) is 0 Å². The van der Waals surface area contributed by atoms with Crippen molar-refractivity contribution in [1.82, 2.24) is 4.98 Å². The number of aromatic nitrogens is 1. The Labute approximate surface area is 116 Å². The van der Waals surface area contributed by atoms with Crippen LogP contribution in [0.1, 0.15) is 28.0 Å². The first kappa shape index (κ1) is 12.1. The van der Waals surface area contributed by atoms with Crippen molar-refractivity contribution >= 4 is 11.8 Å². The third-order valence-corrected chi connectivity index (χ3v) is 4.25. The third-order valence-electron chi connectivity index (χ3n) is 4.25. The lowest BCUT2D eigenvalue weighted by Crippen LogP contribution is -2.38. The zero-order chi connectivity index (χ0) is 13.7. The van der Waals surface area contributed by atoms with Crippen molar-refractivity contribution in [1.29, 1.82) is 0 Å². The monoisotopic (exact) mass is 276 g/mol. The molecular weight excluding hydrogens is 260 g/mol. The largest absolute Gasteiger partial charge is 0.465 e. The molecule has 2 bridgehead atoms. The number of fused-ring (bicyclic) bond motifs is 3. The van der Waals surface area contributed by atoms with E-state index in [1.165, 1.54) is 7.11 Å². The first-order valence-electron chi connectivity index (χ1n) is 6.83. The zero-order valence-corrected chi connectivity index (χ0v) is 11.3. The van der Waals surface area contributed by atoms with Crippen molar-refractivity contribution in [3.8, 4) is 0 Å². The molecule has 4 heterocycles. The van der Waals surface area contributed by atoms with Gasteiger partial charge in [-0.2, -0.15) is 0 Å². The number of hydrogen-bond donors (Lipinski definition) is 0. The summed E-state index contributed by atoms with van der Waals surface area (Å²) in [4.78, 5) is 18.9. The summed E-state index contributed by atoms with van der Waals surface area (Å²) in [5, 5.41) is 0. The van der Waals surface area contributed by atoms with Crippen molar-refractivity contribution in [3.05, 3.63) is 22.9 Å². The number of morpholine rings is 1. The summed E-state index contributed by atoms with van der Waals surface area (Å²) < 4.78 is 15.9. The van der Waals surface area contributed by atoms with Crippen LogP contribution >= 0.6 is 0 Å². The maximum Gasteiger partial charge on any atom is 0.341 e. The van der Waals surface area contributed by atoms with Gasteiger partial charge in [0.05, 0.1) is 44.8 Å². The Bertz CT molecular complexity index is 575. The molecule has 0 aromatic carbocycles. The summed E-state index contributed by atoms with van der Waals surface area (Å²) in [6, 6.07) is 2.18. The van der Waals surface area contributed by atoms with Crippen LogP contribution in [0.3, 0.4) is 0 Å². The number of anilines is 1. The van der Waals surface area contributed by atoms with E-state index in [2.05, 4.69) is 9.88 Å². The predicted molar refractivity (Wildman–Crippen MR) is 69.6 cm³/mol. The van der Waals surface area contributed by atoms with Crippen molar-refractivity contribution < 1.29 is 19.0 Å². The lowest BCUT2D eigenvalue weighted by Gasteiger charge is -2.29. The fourth-order valence-electron chi connectivity index (χ4n) is 3.23. The van der Waals surface area contributed by atoms with E-state index in [1.807, 2.05) is 6.07 Å². The van der Waals surface area contributed by atoms with Gasteiger partial charge >= 0.3 is 5.97 Å². The molecule has 6 nitrogen and oxygen atoms in total. The van der Waals surface area contributed by atoms with Crippen LogP contribution in [0, 0.1) is 0 Å². The lowest BCUT2D eigenvalue weighted by atomic mass is 10.1. The van der Waals surface area contributed by atoms with E-state index in [9.17, 15) is 4.79 Å². The van der Waals surface area contributed by atoms with E-state index in [0.717, 1.165) is 30.0 Å². The van der Waals surface area contributed by atoms with Crippen LogP contribution in [-0.4, -0.2) is 43.4 Å². The van der Waals surface area contributed by atoms with Crippen LogP contribution in [0.15, 0.2) is 6.07 Å². The van der Waals surface area contributed by atoms with Gasteiger partial charge in [-0.3, -0.25) is 0 Å². The summed E-state index contributed by atoms with van der Waals surface area (Å²) in [6.07, 6.45) is 1.27. The Morgan fingerprint density at radius 1 is 1.50 bits per heavy atom. The van der Waals surface area contributed by atoms with E-state index in [4.69, 9.17) is 14.2 Å². The van der Waals surface area contributed by atoms with Crippen LogP contribution < -0.4 is 4.90 Å². The quantitative estimate of drug-likeness (QED) is 0.747. The molecule has 0 saturated carbocycles. The SMILES string of the molecule is COC(=O)c1cc2c(nc1N1C[C@@H]3C[C@H]1CO3)COC2. The molecule has 0 aliphatic carbocycles. The molecule has 2 saturated heterocycles. The molecule has 1 aromatic rings. The molecule has 0 amide bonds. The molecule has 2 atom stereocenters. The van der Waals surface area contributed by atoms with Gasteiger partial charge in [0.25, 0.3) is 0 Å². The number of pyridine rings is 1.